The summed E-state index contributed by atoms with van der Waals surface area (Å²) in [7, 11) is 0. The van der Waals surface area contributed by atoms with E-state index in [1.54, 1.807) is 0 Å². The number of benzene rings is 1. The van der Waals surface area contributed by atoms with Gasteiger partial charge in [-0.3, -0.25) is 0 Å². The molecule has 1 aromatic rings. The molecule has 0 radical (unpaired) electrons. The second-order valence-electron chi connectivity index (χ2n) is 5.10. The molecule has 2 rings (SSSR count). The van der Waals surface area contributed by atoms with Crippen molar-refractivity contribution < 1.29 is 4.74 Å². The highest BCUT2D eigenvalue weighted by Crippen LogP contribution is 2.26. The molecule has 2 unspecified atom stereocenters. The molecule has 1 aromatic carbocycles. The maximum absolute atomic E-state index is 5.97. The molecule has 1 saturated carbocycles. The Balaban J connectivity index is 1.65. The second-order valence-corrected chi connectivity index (χ2v) is 6.02. The van der Waals surface area contributed by atoms with Gasteiger partial charge in [0, 0.05) is 16.7 Å². The third-order valence-electron chi connectivity index (χ3n) is 3.64. The number of nitrogens with one attached hydrogen (secondary N) is 1. The van der Waals surface area contributed by atoms with E-state index in [1.807, 2.05) is 12.1 Å². The van der Waals surface area contributed by atoms with Gasteiger partial charge in [-0.25, -0.2) is 0 Å². The SMILES string of the molecule is CC1CCCCC1OCCNc1ccc(Br)cc1. The van der Waals surface area contributed by atoms with Crippen molar-refractivity contribution in [2.45, 2.75) is 38.7 Å². The summed E-state index contributed by atoms with van der Waals surface area (Å²) in [5.41, 5.74) is 1.15. The van der Waals surface area contributed by atoms with Crippen LogP contribution in [0.2, 0.25) is 0 Å². The number of hydrogen-bond acceptors (Lipinski definition) is 2. The van der Waals surface area contributed by atoms with Gasteiger partial charge in [-0.05, 0) is 43.0 Å². The monoisotopic (exact) mass is 311 g/mol. The predicted molar refractivity (Wildman–Crippen MR) is 80.0 cm³/mol. The number of halogens is 1. The minimum Gasteiger partial charge on any atom is -0.383 e. The van der Waals surface area contributed by atoms with Gasteiger partial charge in [-0.15, -0.1) is 0 Å². The zero-order valence-electron chi connectivity index (χ0n) is 11.0. The molecule has 1 aliphatic rings. The zero-order valence-corrected chi connectivity index (χ0v) is 12.6. The van der Waals surface area contributed by atoms with Gasteiger partial charge in [0.1, 0.15) is 0 Å². The highest BCUT2D eigenvalue weighted by atomic mass is 79.9. The summed E-state index contributed by atoms with van der Waals surface area (Å²) in [5, 5.41) is 3.38. The molecule has 2 atom stereocenters. The topological polar surface area (TPSA) is 21.3 Å². The first-order valence-electron chi connectivity index (χ1n) is 6.87. The molecule has 0 saturated heterocycles. The number of ether oxygens (including phenoxy) is 1. The van der Waals surface area contributed by atoms with Crippen LogP contribution >= 0.6 is 15.9 Å². The van der Waals surface area contributed by atoms with Crippen LogP contribution < -0.4 is 5.32 Å². The predicted octanol–water partition coefficient (Wildman–Crippen LogP) is 4.46. The first-order chi connectivity index (χ1) is 8.75. The Morgan fingerprint density at radius 2 is 1.94 bits per heavy atom. The van der Waals surface area contributed by atoms with Crippen LogP contribution in [0.25, 0.3) is 0 Å². The second kappa shape index (κ2) is 7.15. The van der Waals surface area contributed by atoms with Gasteiger partial charge in [0.25, 0.3) is 0 Å². The highest BCUT2D eigenvalue weighted by Gasteiger charge is 2.21. The van der Waals surface area contributed by atoms with Crippen LogP contribution in [0.5, 0.6) is 0 Å². The van der Waals surface area contributed by atoms with Gasteiger partial charge < -0.3 is 10.1 Å². The van der Waals surface area contributed by atoms with E-state index in [-0.39, 0.29) is 0 Å². The summed E-state index contributed by atoms with van der Waals surface area (Å²) in [6, 6.07) is 8.25. The summed E-state index contributed by atoms with van der Waals surface area (Å²) in [4.78, 5) is 0. The lowest BCUT2D eigenvalue weighted by atomic mass is 9.88. The van der Waals surface area contributed by atoms with Gasteiger partial charge in [-0.1, -0.05) is 35.7 Å². The minimum absolute atomic E-state index is 0.477. The largest absolute Gasteiger partial charge is 0.383 e. The van der Waals surface area contributed by atoms with E-state index in [0.717, 1.165) is 29.2 Å². The van der Waals surface area contributed by atoms with Gasteiger partial charge in [0.05, 0.1) is 12.7 Å². The summed E-state index contributed by atoms with van der Waals surface area (Å²) >= 11 is 3.43. The first-order valence-corrected chi connectivity index (χ1v) is 7.66. The summed E-state index contributed by atoms with van der Waals surface area (Å²) in [6.45, 7) is 3.99. The Bertz CT molecular complexity index is 352. The minimum atomic E-state index is 0.477. The van der Waals surface area contributed by atoms with Crippen LogP contribution in [0.3, 0.4) is 0 Å². The lowest BCUT2D eigenvalue weighted by Gasteiger charge is -2.28. The zero-order chi connectivity index (χ0) is 12.8. The maximum Gasteiger partial charge on any atom is 0.0642 e. The Kier molecular flexibility index (Phi) is 5.51. The van der Waals surface area contributed by atoms with E-state index in [4.69, 9.17) is 4.74 Å². The van der Waals surface area contributed by atoms with Crippen molar-refractivity contribution in [3.05, 3.63) is 28.7 Å². The molecule has 100 valence electrons. The quantitative estimate of drug-likeness (QED) is 0.811. The van der Waals surface area contributed by atoms with E-state index in [9.17, 15) is 0 Å². The van der Waals surface area contributed by atoms with Crippen molar-refractivity contribution in [1.82, 2.24) is 0 Å². The van der Waals surface area contributed by atoms with E-state index >= 15 is 0 Å². The molecular weight excluding hydrogens is 290 g/mol. The Morgan fingerprint density at radius 3 is 2.67 bits per heavy atom. The van der Waals surface area contributed by atoms with Gasteiger partial charge >= 0.3 is 0 Å². The van der Waals surface area contributed by atoms with Gasteiger partial charge in [0.2, 0.25) is 0 Å². The Labute approximate surface area is 118 Å². The molecular formula is C15H22BrNO. The molecule has 0 aromatic heterocycles. The molecule has 0 amide bonds. The summed E-state index contributed by atoms with van der Waals surface area (Å²) in [5.74, 6) is 0.728. The number of rotatable bonds is 5. The van der Waals surface area contributed by atoms with Crippen LogP contribution in [0.1, 0.15) is 32.6 Å². The van der Waals surface area contributed by atoms with E-state index < -0.39 is 0 Å². The van der Waals surface area contributed by atoms with Crippen LogP contribution in [0.15, 0.2) is 28.7 Å². The number of anilines is 1. The lowest BCUT2D eigenvalue weighted by molar-refractivity contribution is 0.000393. The summed E-state index contributed by atoms with van der Waals surface area (Å²) in [6.07, 6.45) is 5.74. The molecule has 0 aliphatic heterocycles. The summed E-state index contributed by atoms with van der Waals surface area (Å²) < 4.78 is 7.08. The normalized spacial score (nSPS) is 23.9. The van der Waals surface area contributed by atoms with E-state index in [2.05, 4.69) is 40.3 Å². The highest BCUT2D eigenvalue weighted by molar-refractivity contribution is 9.10. The standard InChI is InChI=1S/C15H22BrNO/c1-12-4-2-3-5-15(12)18-11-10-17-14-8-6-13(16)7-9-14/h6-9,12,15,17H,2-5,10-11H2,1H3. The molecule has 1 N–H and O–H groups in total. The maximum atomic E-state index is 5.97. The van der Waals surface area contributed by atoms with E-state index in [1.165, 1.54) is 25.7 Å². The molecule has 0 spiro atoms. The molecule has 1 fully saturated rings. The Morgan fingerprint density at radius 1 is 1.22 bits per heavy atom. The average molecular weight is 312 g/mol. The van der Waals surface area contributed by atoms with Crippen molar-refractivity contribution in [3.63, 3.8) is 0 Å². The third kappa shape index (κ3) is 4.29. The Hall–Kier alpha value is -0.540. The third-order valence-corrected chi connectivity index (χ3v) is 4.17. The van der Waals surface area contributed by atoms with E-state index in [0.29, 0.717) is 6.10 Å². The van der Waals surface area contributed by atoms with Crippen LogP contribution in [0.4, 0.5) is 5.69 Å². The molecule has 18 heavy (non-hydrogen) atoms. The first kappa shape index (κ1) is 13.9. The molecule has 2 nitrogen and oxygen atoms in total. The van der Waals surface area contributed by atoms with Crippen molar-refractivity contribution >= 4 is 21.6 Å². The van der Waals surface area contributed by atoms with Gasteiger partial charge in [-0.2, -0.15) is 0 Å². The number of hydrogen-bond donors (Lipinski definition) is 1. The van der Waals surface area contributed by atoms with Crippen LogP contribution in [-0.2, 0) is 4.74 Å². The fourth-order valence-corrected chi connectivity index (χ4v) is 2.77. The van der Waals surface area contributed by atoms with Crippen molar-refractivity contribution in [3.8, 4) is 0 Å². The fraction of sp³-hybridized carbons (Fsp3) is 0.600. The van der Waals surface area contributed by atoms with Crippen LogP contribution in [-0.4, -0.2) is 19.3 Å². The molecule has 1 aliphatic carbocycles. The van der Waals surface area contributed by atoms with Crippen LogP contribution in [0, 0.1) is 5.92 Å². The average Bonchev–Trinajstić information content (AvgIpc) is 2.39. The lowest BCUT2D eigenvalue weighted by Crippen LogP contribution is -2.27. The van der Waals surface area contributed by atoms with Crippen molar-refractivity contribution in [2.75, 3.05) is 18.5 Å². The molecule has 3 heteroatoms. The smallest absolute Gasteiger partial charge is 0.0642 e. The van der Waals surface area contributed by atoms with Gasteiger partial charge in [0.15, 0.2) is 0 Å². The van der Waals surface area contributed by atoms with Crippen molar-refractivity contribution in [2.24, 2.45) is 5.92 Å². The molecule has 0 heterocycles. The van der Waals surface area contributed by atoms with Crippen molar-refractivity contribution in [1.29, 1.82) is 0 Å². The molecule has 0 bridgehead atoms. The fourth-order valence-electron chi connectivity index (χ4n) is 2.50.